The van der Waals surface area contributed by atoms with Gasteiger partial charge in [0.2, 0.25) is 5.91 Å². The number of para-hydroxylation sites is 1. The largest absolute Gasteiger partial charge is 0.398 e. The van der Waals surface area contributed by atoms with E-state index in [1.165, 1.54) is 11.8 Å². The number of nitrogens with two attached hydrogens (primary N) is 1. The van der Waals surface area contributed by atoms with Crippen molar-refractivity contribution in [3.05, 3.63) is 24.3 Å². The highest BCUT2D eigenvalue weighted by molar-refractivity contribution is 8.00. The third kappa shape index (κ3) is 3.67. The number of carbonyl (C=O) groups excluding carboxylic acids is 1. The molecule has 0 bridgehead atoms. The lowest BCUT2D eigenvalue weighted by Crippen LogP contribution is -2.49. The Labute approximate surface area is 123 Å². The first kappa shape index (κ1) is 14.7. The van der Waals surface area contributed by atoms with E-state index >= 15 is 0 Å². The average molecular weight is 289 g/mol. The summed E-state index contributed by atoms with van der Waals surface area (Å²) in [6.07, 6.45) is 4.68. The predicted molar refractivity (Wildman–Crippen MR) is 81.2 cm³/mol. The molecule has 1 saturated carbocycles. The van der Waals surface area contributed by atoms with Crippen molar-refractivity contribution < 1.29 is 4.79 Å². The second kappa shape index (κ2) is 6.67. The third-order valence-electron chi connectivity index (χ3n) is 3.58. The number of nitriles is 1. The van der Waals surface area contributed by atoms with Gasteiger partial charge >= 0.3 is 0 Å². The van der Waals surface area contributed by atoms with Gasteiger partial charge in [-0.25, -0.2) is 0 Å². The molecule has 0 heterocycles. The van der Waals surface area contributed by atoms with Crippen LogP contribution in [-0.4, -0.2) is 17.2 Å². The normalized spacial score (nSPS) is 17.1. The number of carbonyl (C=O) groups is 1. The molecule has 0 unspecified atom stereocenters. The van der Waals surface area contributed by atoms with Crippen molar-refractivity contribution in [1.29, 1.82) is 5.26 Å². The van der Waals surface area contributed by atoms with Crippen molar-refractivity contribution >= 4 is 23.4 Å². The van der Waals surface area contributed by atoms with Crippen LogP contribution in [0.2, 0.25) is 0 Å². The maximum Gasteiger partial charge on any atom is 0.231 e. The number of hydrogen-bond acceptors (Lipinski definition) is 4. The summed E-state index contributed by atoms with van der Waals surface area (Å²) in [6, 6.07) is 9.77. The molecule has 0 atom stereocenters. The van der Waals surface area contributed by atoms with E-state index in [1.54, 1.807) is 0 Å². The summed E-state index contributed by atoms with van der Waals surface area (Å²) < 4.78 is 0. The van der Waals surface area contributed by atoms with Gasteiger partial charge in [-0.1, -0.05) is 31.4 Å². The van der Waals surface area contributed by atoms with Crippen LogP contribution in [0.1, 0.15) is 32.1 Å². The van der Waals surface area contributed by atoms with Crippen LogP contribution in [-0.2, 0) is 4.79 Å². The number of nitrogens with zero attached hydrogens (tertiary/aromatic N) is 1. The lowest BCUT2D eigenvalue weighted by atomic mass is 9.83. The first-order chi connectivity index (χ1) is 9.65. The van der Waals surface area contributed by atoms with Crippen LogP contribution in [0.5, 0.6) is 0 Å². The number of rotatable bonds is 4. The summed E-state index contributed by atoms with van der Waals surface area (Å²) in [6.45, 7) is 0. The molecule has 1 aromatic rings. The minimum atomic E-state index is -0.655. The third-order valence-corrected chi connectivity index (χ3v) is 4.67. The zero-order valence-electron chi connectivity index (χ0n) is 11.4. The molecule has 0 spiro atoms. The summed E-state index contributed by atoms with van der Waals surface area (Å²) >= 11 is 1.41. The first-order valence-corrected chi connectivity index (χ1v) is 7.83. The molecule has 1 fully saturated rings. The Morgan fingerprint density at radius 2 is 2.05 bits per heavy atom. The molecule has 5 heteroatoms. The summed E-state index contributed by atoms with van der Waals surface area (Å²) in [5, 5.41) is 12.2. The van der Waals surface area contributed by atoms with Crippen molar-refractivity contribution in [2.45, 2.75) is 42.5 Å². The number of nitrogen functional groups attached to an aromatic ring is 1. The van der Waals surface area contributed by atoms with Gasteiger partial charge in [0.1, 0.15) is 5.54 Å². The highest BCUT2D eigenvalue weighted by Crippen LogP contribution is 2.28. The summed E-state index contributed by atoms with van der Waals surface area (Å²) in [5.74, 6) is 0.194. The smallest absolute Gasteiger partial charge is 0.231 e. The fourth-order valence-electron chi connectivity index (χ4n) is 2.48. The summed E-state index contributed by atoms with van der Waals surface area (Å²) in [5.41, 5.74) is 5.86. The van der Waals surface area contributed by atoms with Crippen LogP contribution >= 0.6 is 11.8 Å². The lowest BCUT2D eigenvalue weighted by molar-refractivity contribution is -0.120. The highest BCUT2D eigenvalue weighted by Gasteiger charge is 2.33. The molecule has 1 amide bonds. The fourth-order valence-corrected chi connectivity index (χ4v) is 3.25. The standard InChI is InChI=1S/C15H19N3OS/c16-11-15(8-4-1-5-9-15)18-14(19)10-20-13-7-3-2-6-12(13)17/h2-3,6-7H,1,4-5,8-10,17H2,(H,18,19). The second-order valence-corrected chi connectivity index (χ2v) is 6.15. The van der Waals surface area contributed by atoms with E-state index in [9.17, 15) is 10.1 Å². The molecule has 4 nitrogen and oxygen atoms in total. The number of thioether (sulfide) groups is 1. The van der Waals surface area contributed by atoms with E-state index in [1.807, 2.05) is 24.3 Å². The van der Waals surface area contributed by atoms with E-state index in [-0.39, 0.29) is 11.7 Å². The molecule has 0 aromatic heterocycles. The Bertz CT molecular complexity index is 518. The van der Waals surface area contributed by atoms with Gasteiger partial charge in [-0.15, -0.1) is 11.8 Å². The van der Waals surface area contributed by atoms with Gasteiger partial charge in [0.15, 0.2) is 0 Å². The average Bonchev–Trinajstić information content (AvgIpc) is 2.47. The molecule has 1 aliphatic carbocycles. The zero-order valence-corrected chi connectivity index (χ0v) is 12.2. The first-order valence-electron chi connectivity index (χ1n) is 6.85. The Kier molecular flexibility index (Phi) is 4.91. The second-order valence-electron chi connectivity index (χ2n) is 5.13. The van der Waals surface area contributed by atoms with Crippen LogP contribution in [0, 0.1) is 11.3 Å². The lowest BCUT2D eigenvalue weighted by Gasteiger charge is -2.31. The van der Waals surface area contributed by atoms with Crippen molar-refractivity contribution in [2.75, 3.05) is 11.5 Å². The van der Waals surface area contributed by atoms with Gasteiger partial charge in [-0.3, -0.25) is 4.79 Å². The minimum Gasteiger partial charge on any atom is -0.398 e. The Hall–Kier alpha value is -1.67. The van der Waals surface area contributed by atoms with Gasteiger partial charge in [-0.05, 0) is 25.0 Å². The molecule has 106 valence electrons. The zero-order chi connectivity index (χ0) is 14.4. The number of nitrogens with one attached hydrogen (secondary N) is 1. The fraction of sp³-hybridized carbons (Fsp3) is 0.467. The van der Waals surface area contributed by atoms with Crippen LogP contribution in [0.3, 0.4) is 0 Å². The van der Waals surface area contributed by atoms with Crippen LogP contribution < -0.4 is 11.1 Å². The van der Waals surface area contributed by atoms with Gasteiger partial charge in [0.05, 0.1) is 11.8 Å². The molecule has 1 aliphatic rings. The maximum absolute atomic E-state index is 12.0. The topological polar surface area (TPSA) is 78.9 Å². The van der Waals surface area contributed by atoms with E-state index < -0.39 is 5.54 Å². The van der Waals surface area contributed by atoms with E-state index in [0.717, 1.165) is 37.0 Å². The number of amides is 1. The van der Waals surface area contributed by atoms with Gasteiger partial charge in [-0.2, -0.15) is 5.26 Å². The molecular weight excluding hydrogens is 270 g/mol. The molecule has 20 heavy (non-hydrogen) atoms. The van der Waals surface area contributed by atoms with E-state index in [4.69, 9.17) is 5.73 Å². The minimum absolute atomic E-state index is 0.0956. The van der Waals surface area contributed by atoms with Crippen molar-refractivity contribution in [3.8, 4) is 6.07 Å². The van der Waals surface area contributed by atoms with E-state index in [0.29, 0.717) is 5.69 Å². The maximum atomic E-state index is 12.0. The molecule has 0 radical (unpaired) electrons. The SMILES string of the molecule is N#CC1(NC(=O)CSc2ccccc2N)CCCCC1. The molecule has 0 saturated heterocycles. The van der Waals surface area contributed by atoms with Gasteiger partial charge in [0, 0.05) is 10.6 Å². The summed E-state index contributed by atoms with van der Waals surface area (Å²) in [4.78, 5) is 12.9. The molecule has 0 aliphatic heterocycles. The Balaban J connectivity index is 1.89. The number of hydrogen-bond donors (Lipinski definition) is 2. The molecule has 3 N–H and O–H groups in total. The van der Waals surface area contributed by atoms with Crippen molar-refractivity contribution in [3.63, 3.8) is 0 Å². The van der Waals surface area contributed by atoms with Crippen LogP contribution in [0.15, 0.2) is 29.2 Å². The van der Waals surface area contributed by atoms with Crippen molar-refractivity contribution in [2.24, 2.45) is 0 Å². The Morgan fingerprint density at radius 3 is 2.70 bits per heavy atom. The number of anilines is 1. The highest BCUT2D eigenvalue weighted by atomic mass is 32.2. The number of benzene rings is 1. The van der Waals surface area contributed by atoms with Crippen LogP contribution in [0.25, 0.3) is 0 Å². The Morgan fingerprint density at radius 1 is 1.35 bits per heavy atom. The molecule has 1 aromatic carbocycles. The summed E-state index contributed by atoms with van der Waals surface area (Å²) in [7, 11) is 0. The molecular formula is C15H19N3OS. The van der Waals surface area contributed by atoms with Crippen LogP contribution in [0.4, 0.5) is 5.69 Å². The quantitative estimate of drug-likeness (QED) is 0.660. The van der Waals surface area contributed by atoms with E-state index in [2.05, 4.69) is 11.4 Å². The predicted octanol–water partition coefficient (Wildman–Crippen LogP) is 2.70. The van der Waals surface area contributed by atoms with Gasteiger partial charge in [0.25, 0.3) is 0 Å². The van der Waals surface area contributed by atoms with Gasteiger partial charge < -0.3 is 11.1 Å². The van der Waals surface area contributed by atoms with Crippen molar-refractivity contribution in [1.82, 2.24) is 5.32 Å². The monoisotopic (exact) mass is 289 g/mol. The molecule has 2 rings (SSSR count).